The van der Waals surface area contributed by atoms with Crippen LogP contribution in [-0.4, -0.2) is 44.4 Å². The summed E-state index contributed by atoms with van der Waals surface area (Å²) in [5.74, 6) is -8.59. The summed E-state index contributed by atoms with van der Waals surface area (Å²) >= 11 is 0. The van der Waals surface area contributed by atoms with E-state index in [0.29, 0.717) is 25.5 Å². The van der Waals surface area contributed by atoms with E-state index in [9.17, 15) is 48.0 Å². The van der Waals surface area contributed by atoms with Gasteiger partial charge in [0.15, 0.2) is 0 Å². The Balaban J connectivity index is 6.29. The Morgan fingerprint density at radius 3 is 1.55 bits per heavy atom. The zero-order valence-electron chi connectivity index (χ0n) is 11.2. The lowest BCUT2D eigenvalue weighted by Crippen LogP contribution is -2.63. The van der Waals surface area contributed by atoms with Gasteiger partial charge in [-0.05, 0) is 13.8 Å². The quantitative estimate of drug-likeness (QED) is 0.697. The van der Waals surface area contributed by atoms with E-state index >= 15 is 0 Å². The van der Waals surface area contributed by atoms with Gasteiger partial charge in [-0.1, -0.05) is 0 Å². The monoisotopic (exact) mass is 379 g/mol. The number of sulfone groups is 1. The number of alkyl halides is 6. The van der Waals surface area contributed by atoms with Crippen LogP contribution in [0.25, 0.3) is 0 Å². The molecule has 0 aromatic carbocycles. The van der Waals surface area contributed by atoms with E-state index in [0.717, 1.165) is 0 Å². The Kier molecular flexibility index (Phi) is 5.28. The first-order chi connectivity index (χ1) is 9.36. The van der Waals surface area contributed by atoms with Crippen LogP contribution in [0.1, 0.15) is 20.8 Å². The van der Waals surface area contributed by atoms with Gasteiger partial charge in [0.05, 0.1) is 5.25 Å². The molecule has 6 nitrogen and oxygen atoms in total. The van der Waals surface area contributed by atoms with Crippen LogP contribution in [0.4, 0.5) is 26.3 Å². The molecule has 0 fully saturated rings. The molecular weight excluding hydrogens is 368 g/mol. The predicted molar refractivity (Wildman–Crippen MR) is 61.6 cm³/mol. The van der Waals surface area contributed by atoms with Crippen LogP contribution in [0, 0.1) is 0 Å². The van der Waals surface area contributed by atoms with E-state index in [-0.39, 0.29) is 0 Å². The molecule has 22 heavy (non-hydrogen) atoms. The van der Waals surface area contributed by atoms with Crippen molar-refractivity contribution in [3.63, 3.8) is 0 Å². The maximum atomic E-state index is 13.4. The molecule has 0 aliphatic rings. The second kappa shape index (κ2) is 5.54. The number of hydrogen-bond acceptors (Lipinski definition) is 5. The normalized spacial score (nSPS) is 15.0. The van der Waals surface area contributed by atoms with Gasteiger partial charge in [0.25, 0.3) is 0 Å². The largest absolute Gasteiger partial charge is 0.433 e. The molecule has 14 heteroatoms. The molecular formula is C8H11F6NO5S2. The number of hydrogen-bond donors (Lipinski definition) is 1. The van der Waals surface area contributed by atoms with E-state index in [4.69, 9.17) is 0 Å². The second-order valence-corrected chi connectivity index (χ2v) is 8.63. The van der Waals surface area contributed by atoms with Gasteiger partial charge >= 0.3 is 26.5 Å². The van der Waals surface area contributed by atoms with Gasteiger partial charge in [0.2, 0.25) is 15.7 Å². The Morgan fingerprint density at radius 2 is 1.27 bits per heavy atom. The zero-order chi connectivity index (χ0) is 18.4. The molecule has 0 aliphatic carbocycles. The Labute approximate surface area is 121 Å². The third-order valence-corrected chi connectivity index (χ3v) is 6.02. The van der Waals surface area contributed by atoms with Crippen molar-refractivity contribution in [1.29, 1.82) is 0 Å². The summed E-state index contributed by atoms with van der Waals surface area (Å²) in [5.41, 5.74) is 0. The minimum atomic E-state index is -6.83. The van der Waals surface area contributed by atoms with Crippen molar-refractivity contribution in [3.05, 3.63) is 0 Å². The molecule has 0 radical (unpaired) electrons. The molecule has 0 saturated carbocycles. The number of nitrogens with one attached hydrogen (secondary N) is 1. The van der Waals surface area contributed by atoms with Crippen LogP contribution in [-0.2, 0) is 24.7 Å². The van der Waals surface area contributed by atoms with Crippen molar-refractivity contribution in [2.24, 2.45) is 0 Å². The maximum Gasteiger partial charge on any atom is 0.433 e. The van der Waals surface area contributed by atoms with Gasteiger partial charge in [-0.15, -0.1) is 0 Å². The highest BCUT2D eigenvalue weighted by Crippen LogP contribution is 2.51. The molecule has 0 aromatic heterocycles. The number of amides is 1. The average Bonchev–Trinajstić information content (AvgIpc) is 2.25. The lowest BCUT2D eigenvalue weighted by molar-refractivity contribution is -0.244. The fourth-order valence-corrected chi connectivity index (χ4v) is 3.18. The molecule has 0 heterocycles. The van der Waals surface area contributed by atoms with E-state index in [1.54, 1.807) is 0 Å². The van der Waals surface area contributed by atoms with Crippen molar-refractivity contribution in [2.75, 3.05) is 0 Å². The Morgan fingerprint density at radius 1 is 0.909 bits per heavy atom. The molecule has 0 spiro atoms. The van der Waals surface area contributed by atoms with Crippen molar-refractivity contribution < 1.29 is 48.0 Å². The van der Waals surface area contributed by atoms with E-state index in [1.165, 1.54) is 0 Å². The third kappa shape index (κ3) is 2.89. The lowest BCUT2D eigenvalue weighted by Gasteiger charge is -2.32. The SMILES string of the molecule is CC(=O)NS(=O)(=O)C(F)(F)C(F)(F)C(F)(F)S(=O)(=O)C(C)C. The molecule has 132 valence electrons. The van der Waals surface area contributed by atoms with Crippen LogP contribution in [0.5, 0.6) is 0 Å². The molecule has 0 atom stereocenters. The van der Waals surface area contributed by atoms with Gasteiger partial charge < -0.3 is 0 Å². The number of sulfonamides is 1. The average molecular weight is 379 g/mol. The van der Waals surface area contributed by atoms with Crippen LogP contribution >= 0.6 is 0 Å². The molecule has 1 N–H and O–H groups in total. The van der Waals surface area contributed by atoms with E-state index in [1.807, 2.05) is 0 Å². The van der Waals surface area contributed by atoms with E-state index < -0.39 is 47.4 Å². The molecule has 0 saturated heterocycles. The summed E-state index contributed by atoms with van der Waals surface area (Å²) in [6.45, 7) is 1.37. The van der Waals surface area contributed by atoms with Crippen LogP contribution < -0.4 is 4.72 Å². The lowest BCUT2D eigenvalue weighted by atomic mass is 10.3. The highest BCUT2D eigenvalue weighted by molar-refractivity contribution is 7.93. The van der Waals surface area contributed by atoms with Crippen LogP contribution in [0.2, 0.25) is 0 Å². The summed E-state index contributed by atoms with van der Waals surface area (Å²) in [7, 11) is -12.8. The molecule has 0 rings (SSSR count). The fraction of sp³-hybridized carbons (Fsp3) is 0.875. The first-order valence-corrected chi connectivity index (χ1v) is 8.29. The highest BCUT2D eigenvalue weighted by atomic mass is 32.2. The molecule has 0 aromatic rings. The number of carbonyl (C=O) groups is 1. The maximum absolute atomic E-state index is 13.4. The molecule has 1 amide bonds. The number of rotatable bonds is 6. The first kappa shape index (κ1) is 20.9. The highest BCUT2D eigenvalue weighted by Gasteiger charge is 2.82. The van der Waals surface area contributed by atoms with Crippen molar-refractivity contribution in [2.45, 2.75) is 42.5 Å². The zero-order valence-corrected chi connectivity index (χ0v) is 12.8. The van der Waals surface area contributed by atoms with Crippen molar-refractivity contribution in [1.82, 2.24) is 4.72 Å². The van der Waals surface area contributed by atoms with Crippen LogP contribution in [0.3, 0.4) is 0 Å². The van der Waals surface area contributed by atoms with Gasteiger partial charge in [-0.2, -0.15) is 34.8 Å². The Bertz CT molecular complexity index is 655. The van der Waals surface area contributed by atoms with Gasteiger partial charge in [-0.3, -0.25) is 4.79 Å². The van der Waals surface area contributed by atoms with Crippen molar-refractivity contribution in [3.8, 4) is 0 Å². The Hall–Kier alpha value is -1.05. The molecule has 0 bridgehead atoms. The topological polar surface area (TPSA) is 97.4 Å². The summed E-state index contributed by atoms with van der Waals surface area (Å²) in [5, 5.41) is -15.2. The second-order valence-electron chi connectivity index (χ2n) is 4.36. The van der Waals surface area contributed by atoms with Gasteiger partial charge in [0.1, 0.15) is 0 Å². The summed E-state index contributed by atoms with van der Waals surface area (Å²) in [6.07, 6.45) is 0. The fourth-order valence-electron chi connectivity index (χ4n) is 1.07. The summed E-state index contributed by atoms with van der Waals surface area (Å²) < 4.78 is 125. The summed E-state index contributed by atoms with van der Waals surface area (Å²) in [4.78, 5) is 10.4. The van der Waals surface area contributed by atoms with E-state index in [2.05, 4.69) is 0 Å². The predicted octanol–water partition coefficient (Wildman–Crippen LogP) is 1.10. The molecule has 0 aliphatic heterocycles. The third-order valence-electron chi connectivity index (χ3n) is 2.32. The minimum absolute atomic E-state index is 0.342. The van der Waals surface area contributed by atoms with Gasteiger partial charge in [0, 0.05) is 6.92 Å². The van der Waals surface area contributed by atoms with Gasteiger partial charge in [-0.25, -0.2) is 13.1 Å². The van der Waals surface area contributed by atoms with Crippen LogP contribution in [0.15, 0.2) is 0 Å². The summed E-state index contributed by atoms with van der Waals surface area (Å²) in [6, 6.07) is 0. The number of halogens is 6. The smallest absolute Gasteiger partial charge is 0.274 e. The number of carbonyl (C=O) groups excluding carboxylic acids is 1. The van der Waals surface area contributed by atoms with Crippen molar-refractivity contribution >= 4 is 25.8 Å². The molecule has 0 unspecified atom stereocenters. The minimum Gasteiger partial charge on any atom is -0.274 e. The first-order valence-electron chi connectivity index (χ1n) is 5.26. The standard InChI is InChI=1S/C8H11F6NO5S2/c1-4(2)21(17,18)7(11,12)6(9,10)8(13,14)22(19,20)15-5(3)16/h4H,1-3H3,(H,15,16).